The molecule has 9 nitrogen and oxygen atoms in total. The van der Waals surface area contributed by atoms with Crippen LogP contribution in [0.2, 0.25) is 0 Å². The number of carbonyl (C=O) groups excluding carboxylic acids is 2. The molecule has 240 valence electrons. The number of para-hydroxylation sites is 1. The Bertz CT molecular complexity index is 1700. The van der Waals surface area contributed by atoms with Gasteiger partial charge in [-0.1, -0.05) is 32.0 Å². The molecular formula is C37H45N7O2. The summed E-state index contributed by atoms with van der Waals surface area (Å²) in [5.74, 6) is 0.412. The van der Waals surface area contributed by atoms with Crippen molar-refractivity contribution in [1.29, 1.82) is 0 Å². The molecule has 2 saturated heterocycles. The first kappa shape index (κ1) is 31.5. The smallest absolute Gasteiger partial charge is 0.257 e. The van der Waals surface area contributed by atoms with E-state index in [1.807, 2.05) is 61.1 Å². The lowest BCUT2D eigenvalue weighted by Crippen LogP contribution is -2.42. The molecule has 1 atom stereocenters. The molecule has 2 aliphatic heterocycles. The number of nitrogens with one attached hydrogen (secondary N) is 2. The number of aromatic nitrogens is 3. The molecule has 0 aliphatic carbocycles. The summed E-state index contributed by atoms with van der Waals surface area (Å²) in [5.41, 5.74) is 7.74. The number of benzene rings is 2. The van der Waals surface area contributed by atoms with Crippen LogP contribution in [0, 0.1) is 6.92 Å². The predicted octanol–water partition coefficient (Wildman–Crippen LogP) is 6.61. The van der Waals surface area contributed by atoms with E-state index in [-0.39, 0.29) is 11.8 Å². The maximum atomic E-state index is 13.5. The van der Waals surface area contributed by atoms with Gasteiger partial charge in [-0.05, 0) is 106 Å². The van der Waals surface area contributed by atoms with Crippen molar-refractivity contribution in [2.45, 2.75) is 65.3 Å². The number of likely N-dealkylation sites (tertiary alicyclic amines) is 2. The second kappa shape index (κ2) is 13.9. The van der Waals surface area contributed by atoms with E-state index in [1.54, 1.807) is 6.20 Å². The Hall–Kier alpha value is -4.50. The SMILES string of the molecule is CCc1cccc(CC)c1NC(=O)c1cc(-c2ccnc(Nc3ccc(C(=O)N4CCC[C@@H]4CN4CCCC4)cc3C)n2)n(C)c1. The molecule has 4 aromatic rings. The Morgan fingerprint density at radius 3 is 2.41 bits per heavy atom. The normalized spacial score (nSPS) is 16.6. The van der Waals surface area contributed by atoms with Crippen molar-refractivity contribution < 1.29 is 9.59 Å². The van der Waals surface area contributed by atoms with Gasteiger partial charge < -0.3 is 25.0 Å². The number of hydrogen-bond donors (Lipinski definition) is 2. The molecule has 9 heteroatoms. The van der Waals surface area contributed by atoms with E-state index in [9.17, 15) is 9.59 Å². The Morgan fingerprint density at radius 2 is 1.70 bits per heavy atom. The minimum absolute atomic E-state index is 0.113. The molecule has 0 saturated carbocycles. The fourth-order valence-corrected chi connectivity index (χ4v) is 6.87. The van der Waals surface area contributed by atoms with Crippen LogP contribution in [0.3, 0.4) is 0 Å². The van der Waals surface area contributed by atoms with Crippen molar-refractivity contribution in [3.63, 3.8) is 0 Å². The molecule has 0 radical (unpaired) electrons. The number of carbonyl (C=O) groups is 2. The highest BCUT2D eigenvalue weighted by Crippen LogP contribution is 2.28. The van der Waals surface area contributed by atoms with Gasteiger partial charge in [0.05, 0.1) is 17.0 Å². The van der Waals surface area contributed by atoms with Crippen molar-refractivity contribution in [1.82, 2.24) is 24.3 Å². The maximum Gasteiger partial charge on any atom is 0.257 e. The van der Waals surface area contributed by atoms with E-state index in [4.69, 9.17) is 4.98 Å². The minimum Gasteiger partial charge on any atom is -0.348 e. The third-order valence-corrected chi connectivity index (χ3v) is 9.45. The first-order valence-corrected chi connectivity index (χ1v) is 16.7. The summed E-state index contributed by atoms with van der Waals surface area (Å²) < 4.78 is 1.91. The van der Waals surface area contributed by atoms with Gasteiger partial charge in [0, 0.05) is 55.5 Å². The Morgan fingerprint density at radius 1 is 0.935 bits per heavy atom. The zero-order valence-electron chi connectivity index (χ0n) is 27.5. The van der Waals surface area contributed by atoms with E-state index in [2.05, 4.69) is 51.4 Å². The predicted molar refractivity (Wildman–Crippen MR) is 184 cm³/mol. The van der Waals surface area contributed by atoms with Gasteiger partial charge in [-0.3, -0.25) is 9.59 Å². The number of aryl methyl sites for hydroxylation is 4. The molecule has 2 N–H and O–H groups in total. The fraction of sp³-hybridized carbons (Fsp3) is 0.405. The van der Waals surface area contributed by atoms with Crippen LogP contribution in [-0.4, -0.2) is 68.4 Å². The highest BCUT2D eigenvalue weighted by molar-refractivity contribution is 6.05. The van der Waals surface area contributed by atoms with Crippen LogP contribution in [0.4, 0.5) is 17.3 Å². The quantitative estimate of drug-likeness (QED) is 0.207. The molecule has 0 spiro atoms. The van der Waals surface area contributed by atoms with Crippen LogP contribution in [0.25, 0.3) is 11.4 Å². The zero-order valence-corrected chi connectivity index (χ0v) is 27.5. The van der Waals surface area contributed by atoms with Crippen molar-refractivity contribution in [2.75, 3.05) is 36.8 Å². The van der Waals surface area contributed by atoms with E-state index >= 15 is 0 Å². The summed E-state index contributed by atoms with van der Waals surface area (Å²) in [6.07, 6.45) is 9.90. The largest absolute Gasteiger partial charge is 0.348 e. The second-order valence-electron chi connectivity index (χ2n) is 12.6. The molecule has 0 unspecified atom stereocenters. The van der Waals surface area contributed by atoms with Gasteiger partial charge in [0.25, 0.3) is 11.8 Å². The van der Waals surface area contributed by atoms with Crippen LogP contribution in [0.5, 0.6) is 0 Å². The van der Waals surface area contributed by atoms with E-state index in [1.165, 1.54) is 12.8 Å². The lowest BCUT2D eigenvalue weighted by atomic mass is 10.0. The monoisotopic (exact) mass is 619 g/mol. The van der Waals surface area contributed by atoms with Crippen LogP contribution in [0.1, 0.15) is 76.9 Å². The van der Waals surface area contributed by atoms with Crippen LogP contribution < -0.4 is 10.6 Å². The molecule has 2 aromatic heterocycles. The molecule has 2 fully saturated rings. The van der Waals surface area contributed by atoms with E-state index in [0.717, 1.165) is 85.6 Å². The average Bonchev–Trinajstić information content (AvgIpc) is 3.84. The van der Waals surface area contributed by atoms with Gasteiger partial charge in [0.15, 0.2) is 0 Å². The Labute approximate surface area is 272 Å². The van der Waals surface area contributed by atoms with Gasteiger partial charge in [0.2, 0.25) is 5.95 Å². The number of amides is 2. The highest BCUT2D eigenvalue weighted by Gasteiger charge is 2.31. The lowest BCUT2D eigenvalue weighted by Gasteiger charge is -2.28. The first-order chi connectivity index (χ1) is 22.3. The maximum absolute atomic E-state index is 13.5. The molecule has 4 heterocycles. The molecule has 46 heavy (non-hydrogen) atoms. The van der Waals surface area contributed by atoms with Gasteiger partial charge in [0.1, 0.15) is 0 Å². The van der Waals surface area contributed by atoms with Crippen LogP contribution in [-0.2, 0) is 19.9 Å². The van der Waals surface area contributed by atoms with E-state index in [0.29, 0.717) is 28.8 Å². The summed E-state index contributed by atoms with van der Waals surface area (Å²) in [6.45, 7) is 10.3. The summed E-state index contributed by atoms with van der Waals surface area (Å²) in [7, 11) is 1.91. The molecular weight excluding hydrogens is 574 g/mol. The topological polar surface area (TPSA) is 95.4 Å². The summed E-state index contributed by atoms with van der Waals surface area (Å²) in [6, 6.07) is 16.0. The summed E-state index contributed by atoms with van der Waals surface area (Å²) in [5, 5.41) is 6.50. The summed E-state index contributed by atoms with van der Waals surface area (Å²) in [4.78, 5) is 40.7. The van der Waals surface area contributed by atoms with Crippen LogP contribution in [0.15, 0.2) is 60.9 Å². The number of anilines is 3. The molecule has 2 aromatic carbocycles. The van der Waals surface area contributed by atoms with E-state index < -0.39 is 0 Å². The molecule has 2 aliphatic rings. The Kier molecular flexibility index (Phi) is 9.49. The average molecular weight is 620 g/mol. The minimum atomic E-state index is -0.147. The second-order valence-corrected chi connectivity index (χ2v) is 12.6. The highest BCUT2D eigenvalue weighted by atomic mass is 16.2. The number of rotatable bonds is 10. The van der Waals surface area contributed by atoms with Crippen molar-refractivity contribution in [3.05, 3.63) is 88.7 Å². The van der Waals surface area contributed by atoms with Gasteiger partial charge in [-0.15, -0.1) is 0 Å². The summed E-state index contributed by atoms with van der Waals surface area (Å²) >= 11 is 0. The lowest BCUT2D eigenvalue weighted by molar-refractivity contribution is 0.0708. The molecule has 6 rings (SSSR count). The number of hydrogen-bond acceptors (Lipinski definition) is 6. The zero-order chi connectivity index (χ0) is 32.2. The van der Waals surface area contributed by atoms with Gasteiger partial charge in [-0.25, -0.2) is 9.97 Å². The van der Waals surface area contributed by atoms with Gasteiger partial charge in [-0.2, -0.15) is 0 Å². The third kappa shape index (κ3) is 6.70. The van der Waals surface area contributed by atoms with Crippen molar-refractivity contribution >= 4 is 29.1 Å². The Balaban J connectivity index is 1.15. The van der Waals surface area contributed by atoms with Gasteiger partial charge >= 0.3 is 0 Å². The third-order valence-electron chi connectivity index (χ3n) is 9.45. The molecule has 2 amide bonds. The number of nitrogens with zero attached hydrogens (tertiary/aromatic N) is 5. The van der Waals surface area contributed by atoms with Crippen molar-refractivity contribution in [3.8, 4) is 11.4 Å². The van der Waals surface area contributed by atoms with Crippen LogP contribution >= 0.6 is 0 Å². The standard InChI is InChI=1S/C37H45N7O2/c1-5-26-11-9-12-27(6-2)34(26)41-35(45)29-22-33(42(4)23-29)32-16-17-38-37(40-32)39-31-15-14-28(21-25(31)3)36(46)44-20-10-13-30(44)24-43-18-7-8-19-43/h9,11-12,14-17,21-23,30H,5-8,10,13,18-20,24H2,1-4H3,(H,41,45)(H,38,39,40)/t30-/m1/s1. The van der Waals surface area contributed by atoms with Crippen molar-refractivity contribution in [2.24, 2.45) is 7.05 Å². The first-order valence-electron chi connectivity index (χ1n) is 16.7. The molecule has 0 bridgehead atoms. The fourth-order valence-electron chi connectivity index (χ4n) is 6.87.